The molecule has 14 heteroatoms. The number of thioether (sulfide) groups is 1. The van der Waals surface area contributed by atoms with E-state index in [9.17, 15) is 9.59 Å². The molecule has 6 rings (SSSR count). The number of fused-ring (bicyclic) bond motifs is 2. The number of aromatic nitrogens is 4. The van der Waals surface area contributed by atoms with Gasteiger partial charge in [0, 0.05) is 34.6 Å². The van der Waals surface area contributed by atoms with Crippen LogP contribution >= 0.6 is 66.3 Å². The third-order valence-corrected chi connectivity index (χ3v) is 10.4. The third kappa shape index (κ3) is 7.16. The van der Waals surface area contributed by atoms with Crippen LogP contribution in [0.15, 0.2) is 45.3 Å². The van der Waals surface area contributed by atoms with E-state index in [1.165, 1.54) is 22.7 Å². The summed E-state index contributed by atoms with van der Waals surface area (Å²) in [6.07, 6.45) is 1.85. The minimum atomic E-state index is -0.572. The number of carbonyl (C=O) groups excluding carboxylic acids is 2. The second kappa shape index (κ2) is 12.9. The average molecular weight is 738 g/mol. The van der Waals surface area contributed by atoms with E-state index in [0.717, 1.165) is 70.9 Å². The van der Waals surface area contributed by atoms with E-state index in [-0.39, 0.29) is 18.1 Å². The summed E-state index contributed by atoms with van der Waals surface area (Å²) in [6.45, 7) is 0. The summed E-state index contributed by atoms with van der Waals surface area (Å²) in [4.78, 5) is 25.4. The van der Waals surface area contributed by atoms with Crippen molar-refractivity contribution in [3.63, 3.8) is 0 Å². The Bertz CT molecular complexity index is 1480. The topological polar surface area (TPSA) is 116 Å². The molecule has 0 saturated heterocycles. The lowest BCUT2D eigenvalue weighted by Crippen LogP contribution is -2.31. The zero-order valence-electron chi connectivity index (χ0n) is 21.5. The first-order chi connectivity index (χ1) is 19.9. The molecule has 2 aliphatic heterocycles. The lowest BCUT2D eigenvalue weighted by atomic mass is 10.1. The SMILES string of the molecule is O=C(Cc1nnc(CCSCCc2nnc(NC(=O)C3Cc4cc(Br)ccc4O3)s2)s1)C1Cc2cc(Br)ccc2O1. The zero-order chi connectivity index (χ0) is 28.3. The Morgan fingerprint density at radius 3 is 2.12 bits per heavy atom. The van der Waals surface area contributed by atoms with E-state index in [2.05, 4.69) is 57.6 Å². The molecule has 0 spiro atoms. The molecule has 0 fully saturated rings. The predicted molar refractivity (Wildman–Crippen MR) is 166 cm³/mol. The Morgan fingerprint density at radius 2 is 1.41 bits per heavy atom. The first kappa shape index (κ1) is 28.7. The van der Waals surface area contributed by atoms with Crippen molar-refractivity contribution in [2.75, 3.05) is 16.8 Å². The first-order valence-electron chi connectivity index (χ1n) is 12.8. The molecule has 0 radical (unpaired) electrons. The maximum Gasteiger partial charge on any atom is 0.267 e. The van der Waals surface area contributed by atoms with Crippen LogP contribution in [0, 0.1) is 0 Å². The number of benzene rings is 2. The van der Waals surface area contributed by atoms with Crippen molar-refractivity contribution in [3.8, 4) is 11.5 Å². The summed E-state index contributed by atoms with van der Waals surface area (Å²) in [5.74, 6) is 3.07. The van der Waals surface area contributed by atoms with Gasteiger partial charge in [-0.1, -0.05) is 43.2 Å². The number of ketones is 1. The smallest absolute Gasteiger partial charge is 0.267 e. The summed E-state index contributed by atoms with van der Waals surface area (Å²) in [5.41, 5.74) is 2.05. The second-order valence-corrected chi connectivity index (χ2v) is 14.7. The van der Waals surface area contributed by atoms with Crippen LogP contribution in [0.5, 0.6) is 11.5 Å². The van der Waals surface area contributed by atoms with Gasteiger partial charge in [-0.3, -0.25) is 14.9 Å². The molecule has 9 nitrogen and oxygen atoms in total. The highest BCUT2D eigenvalue weighted by Crippen LogP contribution is 2.33. The third-order valence-electron chi connectivity index (χ3n) is 6.50. The number of hydrogen-bond donors (Lipinski definition) is 1. The molecule has 0 aliphatic carbocycles. The molecule has 4 heterocycles. The molecule has 0 saturated carbocycles. The Morgan fingerprint density at radius 1 is 0.829 bits per heavy atom. The highest BCUT2D eigenvalue weighted by Gasteiger charge is 2.31. The van der Waals surface area contributed by atoms with E-state index in [4.69, 9.17) is 9.47 Å². The molecule has 4 aromatic rings. The number of ether oxygens (including phenoxy) is 2. The lowest BCUT2D eigenvalue weighted by Gasteiger charge is -2.08. The van der Waals surface area contributed by atoms with Crippen molar-refractivity contribution in [1.82, 2.24) is 20.4 Å². The maximum absolute atomic E-state index is 12.8. The standard InChI is InChI=1S/C27H23Br2N5O4S3/c28-16-1-3-19-14(9-16)11-21(37-19)18(35)13-25-33-31-23(40-25)5-7-39-8-6-24-32-34-27(41-24)30-26(36)22-12-15-10-17(29)2-4-20(15)38-22/h1-4,9-10,21-22H,5-8,11-13H2,(H,30,34,36). The fourth-order valence-corrected chi connectivity index (χ4v) is 8.05. The molecule has 1 amide bonds. The van der Waals surface area contributed by atoms with E-state index in [0.29, 0.717) is 18.0 Å². The van der Waals surface area contributed by atoms with Gasteiger partial charge >= 0.3 is 0 Å². The molecule has 0 bridgehead atoms. The van der Waals surface area contributed by atoms with E-state index in [1.807, 2.05) is 36.4 Å². The number of carbonyl (C=O) groups is 2. The van der Waals surface area contributed by atoms with Gasteiger partial charge in [0.05, 0.1) is 6.42 Å². The summed E-state index contributed by atoms with van der Waals surface area (Å²) >= 11 is 11.6. The van der Waals surface area contributed by atoms with Gasteiger partial charge in [-0.05, 0) is 59.0 Å². The van der Waals surface area contributed by atoms with Crippen LogP contribution in [0.3, 0.4) is 0 Å². The average Bonchev–Trinajstić information content (AvgIpc) is 3.74. The molecule has 2 unspecified atom stereocenters. The number of nitrogens with one attached hydrogen (secondary N) is 1. The molecule has 2 aromatic carbocycles. The Labute approximate surface area is 265 Å². The number of anilines is 1. The van der Waals surface area contributed by atoms with Crippen molar-refractivity contribution in [2.45, 2.75) is 44.3 Å². The van der Waals surface area contributed by atoms with E-state index >= 15 is 0 Å². The molecule has 2 atom stereocenters. The van der Waals surface area contributed by atoms with Crippen LogP contribution in [-0.4, -0.2) is 55.8 Å². The van der Waals surface area contributed by atoms with Crippen LogP contribution in [0.1, 0.15) is 26.1 Å². The number of amides is 1. The number of aryl methyl sites for hydroxylation is 2. The van der Waals surface area contributed by atoms with E-state index < -0.39 is 12.2 Å². The molecular weight excluding hydrogens is 714 g/mol. The molecule has 2 aromatic heterocycles. The maximum atomic E-state index is 12.8. The number of rotatable bonds is 11. The van der Waals surface area contributed by atoms with Crippen LogP contribution in [-0.2, 0) is 41.7 Å². The van der Waals surface area contributed by atoms with Gasteiger partial charge < -0.3 is 9.47 Å². The van der Waals surface area contributed by atoms with Gasteiger partial charge in [-0.25, -0.2) is 0 Å². The van der Waals surface area contributed by atoms with Gasteiger partial charge in [0.1, 0.15) is 26.5 Å². The second-order valence-electron chi connectivity index (χ2n) is 9.46. The number of Topliss-reactive ketones (excluding diaryl/α,β-unsaturated/α-hetero) is 1. The molecule has 212 valence electrons. The van der Waals surface area contributed by atoms with Gasteiger partial charge in [-0.15, -0.1) is 31.7 Å². The van der Waals surface area contributed by atoms with Crippen molar-refractivity contribution in [3.05, 3.63) is 71.5 Å². The normalized spacial score (nSPS) is 17.0. The minimum Gasteiger partial charge on any atom is -0.482 e. The Balaban J connectivity index is 0.886. The quantitative estimate of drug-likeness (QED) is 0.200. The van der Waals surface area contributed by atoms with Crippen LogP contribution in [0.25, 0.3) is 0 Å². The molecule has 41 heavy (non-hydrogen) atoms. The summed E-state index contributed by atoms with van der Waals surface area (Å²) in [7, 11) is 0. The lowest BCUT2D eigenvalue weighted by molar-refractivity contribution is -0.124. The van der Waals surface area contributed by atoms with E-state index in [1.54, 1.807) is 11.8 Å². The summed E-state index contributed by atoms with van der Waals surface area (Å²) in [5, 5.41) is 22.6. The minimum absolute atomic E-state index is 0.0242. The monoisotopic (exact) mass is 735 g/mol. The fraction of sp³-hybridized carbons (Fsp3) is 0.333. The molecular formula is C27H23Br2N5O4S3. The first-order valence-corrected chi connectivity index (χ1v) is 17.2. The summed E-state index contributed by atoms with van der Waals surface area (Å²) < 4.78 is 13.6. The Hall–Kier alpha value is -2.39. The number of halogens is 2. The van der Waals surface area contributed by atoms with Gasteiger partial charge in [0.25, 0.3) is 5.91 Å². The van der Waals surface area contributed by atoms with Crippen LogP contribution in [0.2, 0.25) is 0 Å². The highest BCUT2D eigenvalue weighted by atomic mass is 79.9. The van der Waals surface area contributed by atoms with Crippen molar-refractivity contribution in [2.24, 2.45) is 0 Å². The fourth-order valence-electron chi connectivity index (χ4n) is 4.50. The van der Waals surface area contributed by atoms with Crippen LogP contribution < -0.4 is 14.8 Å². The number of hydrogen-bond acceptors (Lipinski definition) is 11. The van der Waals surface area contributed by atoms with Crippen molar-refractivity contribution >= 4 is 83.1 Å². The number of nitrogens with zero attached hydrogens (tertiary/aromatic N) is 4. The summed E-state index contributed by atoms with van der Waals surface area (Å²) in [6, 6.07) is 11.5. The molecule has 1 N–H and O–H groups in total. The zero-order valence-corrected chi connectivity index (χ0v) is 27.1. The van der Waals surface area contributed by atoms with Gasteiger partial charge in [-0.2, -0.15) is 11.8 Å². The van der Waals surface area contributed by atoms with Gasteiger partial charge in [0.2, 0.25) is 5.13 Å². The van der Waals surface area contributed by atoms with Crippen LogP contribution in [0.4, 0.5) is 5.13 Å². The predicted octanol–water partition coefficient (Wildman–Crippen LogP) is 5.49. The van der Waals surface area contributed by atoms with Crippen molar-refractivity contribution in [1.29, 1.82) is 0 Å². The molecule has 2 aliphatic rings. The Kier molecular flexibility index (Phi) is 9.01. The van der Waals surface area contributed by atoms with Gasteiger partial charge in [0.15, 0.2) is 18.0 Å². The van der Waals surface area contributed by atoms with Crippen molar-refractivity contribution < 1.29 is 19.1 Å². The highest BCUT2D eigenvalue weighted by molar-refractivity contribution is 9.10. The largest absolute Gasteiger partial charge is 0.482 e.